The van der Waals surface area contributed by atoms with Crippen LogP contribution in [0.1, 0.15) is 0 Å². The summed E-state index contributed by atoms with van der Waals surface area (Å²) in [6.45, 7) is 0. The number of aromatic nitrogens is 1. The summed E-state index contributed by atoms with van der Waals surface area (Å²) >= 11 is 0. The highest BCUT2D eigenvalue weighted by Crippen LogP contribution is 2.39. The van der Waals surface area contributed by atoms with Crippen LogP contribution in [0, 0.1) is 0 Å². The van der Waals surface area contributed by atoms with E-state index < -0.39 is 8.07 Å². The van der Waals surface area contributed by atoms with E-state index in [4.69, 9.17) is 0 Å². The molecule has 12 aromatic rings. The van der Waals surface area contributed by atoms with E-state index in [-0.39, 0.29) is 0 Å². The van der Waals surface area contributed by atoms with Gasteiger partial charge < -0.3 is 9.47 Å². The fourth-order valence-electron chi connectivity index (χ4n) is 10.3. The van der Waals surface area contributed by atoms with Crippen LogP contribution in [0.3, 0.4) is 0 Å². The zero-order valence-electron chi connectivity index (χ0n) is 37.0. The molecule has 0 radical (unpaired) electrons. The third kappa shape index (κ3) is 7.14. The molecule has 2 nitrogen and oxygen atoms in total. The lowest BCUT2D eigenvalue weighted by Gasteiger charge is -2.34. The molecule has 0 aliphatic heterocycles. The van der Waals surface area contributed by atoms with Crippen LogP contribution in [0.2, 0.25) is 0 Å². The number of anilines is 3. The van der Waals surface area contributed by atoms with Crippen molar-refractivity contribution in [2.75, 3.05) is 4.90 Å². The second-order valence-electron chi connectivity index (χ2n) is 17.3. The van der Waals surface area contributed by atoms with Crippen LogP contribution in [-0.4, -0.2) is 12.6 Å². The van der Waals surface area contributed by atoms with Gasteiger partial charge in [0.15, 0.2) is 8.07 Å². The highest BCUT2D eigenvalue weighted by Gasteiger charge is 2.41. The number of hydrogen-bond donors (Lipinski definition) is 0. The summed E-state index contributed by atoms with van der Waals surface area (Å²) in [5, 5.41) is 10.5. The first-order valence-electron chi connectivity index (χ1n) is 23.1. The fourth-order valence-corrected chi connectivity index (χ4v) is 15.1. The zero-order valence-corrected chi connectivity index (χ0v) is 38.0. The zero-order chi connectivity index (χ0) is 44.6. The smallest absolute Gasteiger partial charge is 0.179 e. The Morgan fingerprint density at radius 2 is 0.642 bits per heavy atom. The molecule has 0 unspecified atom stereocenters. The maximum Gasteiger partial charge on any atom is 0.179 e. The van der Waals surface area contributed by atoms with Crippen molar-refractivity contribution in [3.8, 4) is 27.9 Å². The van der Waals surface area contributed by atoms with Gasteiger partial charge in [-0.2, -0.15) is 0 Å². The van der Waals surface area contributed by atoms with Gasteiger partial charge in [0.1, 0.15) is 0 Å². The van der Waals surface area contributed by atoms with E-state index in [1.165, 1.54) is 75.6 Å². The molecule has 12 rings (SSSR count). The van der Waals surface area contributed by atoms with Crippen LogP contribution in [0.4, 0.5) is 17.1 Å². The van der Waals surface area contributed by atoms with Crippen LogP contribution >= 0.6 is 0 Å². The van der Waals surface area contributed by atoms with Crippen molar-refractivity contribution in [3.63, 3.8) is 0 Å². The molecular weight excluding hydrogens is 825 g/mol. The van der Waals surface area contributed by atoms with Crippen LogP contribution in [0.25, 0.3) is 60.5 Å². The Bertz CT molecular complexity index is 3530. The maximum absolute atomic E-state index is 2.62. The number of fused-ring (bicyclic) bond motifs is 4. The minimum absolute atomic E-state index is 1.09. The van der Waals surface area contributed by atoms with Gasteiger partial charge in [-0.15, -0.1) is 0 Å². The fraction of sp³-hybridized carbons (Fsp3) is 0. The van der Waals surface area contributed by atoms with E-state index in [0.717, 1.165) is 22.7 Å². The summed E-state index contributed by atoms with van der Waals surface area (Å²) in [5.74, 6) is 0. The number of hydrogen-bond acceptors (Lipinski definition) is 1. The minimum atomic E-state index is -2.62. The summed E-state index contributed by atoms with van der Waals surface area (Å²) in [6.07, 6.45) is 0. The van der Waals surface area contributed by atoms with E-state index >= 15 is 0 Å². The van der Waals surface area contributed by atoms with Gasteiger partial charge in [0.2, 0.25) is 0 Å². The first-order valence-corrected chi connectivity index (χ1v) is 25.1. The molecule has 0 atom stereocenters. The lowest BCUT2D eigenvalue weighted by atomic mass is 10.0. The Hall–Kier alpha value is -8.50. The van der Waals surface area contributed by atoms with Gasteiger partial charge in [0.05, 0.1) is 11.0 Å². The largest absolute Gasteiger partial charge is 0.311 e. The van der Waals surface area contributed by atoms with Gasteiger partial charge >= 0.3 is 0 Å². The van der Waals surface area contributed by atoms with Gasteiger partial charge in [0, 0.05) is 33.5 Å². The molecular formula is C64H46N2Si. The number of para-hydroxylation sites is 1. The van der Waals surface area contributed by atoms with Gasteiger partial charge in [-0.1, -0.05) is 212 Å². The molecule has 0 aliphatic carbocycles. The van der Waals surface area contributed by atoms with E-state index in [9.17, 15) is 0 Å². The van der Waals surface area contributed by atoms with Crippen molar-refractivity contribution < 1.29 is 0 Å². The molecule has 0 amide bonds. The molecule has 67 heavy (non-hydrogen) atoms. The molecule has 0 saturated heterocycles. The topological polar surface area (TPSA) is 8.17 Å². The highest BCUT2D eigenvalue weighted by molar-refractivity contribution is 7.19. The Morgan fingerprint density at radius 3 is 1.15 bits per heavy atom. The molecule has 11 aromatic carbocycles. The van der Waals surface area contributed by atoms with Crippen molar-refractivity contribution >= 4 is 78.5 Å². The summed E-state index contributed by atoms with van der Waals surface area (Å²) < 4.78 is 2.41. The summed E-state index contributed by atoms with van der Waals surface area (Å²) in [4.78, 5) is 2.37. The quantitative estimate of drug-likeness (QED) is 0.0982. The second kappa shape index (κ2) is 17.1. The third-order valence-electron chi connectivity index (χ3n) is 13.5. The van der Waals surface area contributed by atoms with Gasteiger partial charge in [-0.25, -0.2) is 0 Å². The predicted octanol–water partition coefficient (Wildman–Crippen LogP) is 14.1. The van der Waals surface area contributed by atoms with Crippen molar-refractivity contribution in [1.29, 1.82) is 0 Å². The molecule has 0 spiro atoms. The average Bonchev–Trinajstić information content (AvgIpc) is 3.73. The lowest BCUT2D eigenvalue weighted by Crippen LogP contribution is -2.74. The van der Waals surface area contributed by atoms with Crippen LogP contribution < -0.4 is 25.6 Å². The molecule has 0 N–H and O–H groups in total. The Balaban J connectivity index is 0.928. The molecule has 1 heterocycles. The van der Waals surface area contributed by atoms with Crippen molar-refractivity contribution in [2.24, 2.45) is 0 Å². The third-order valence-corrected chi connectivity index (χ3v) is 18.3. The van der Waals surface area contributed by atoms with Gasteiger partial charge in [-0.3, -0.25) is 0 Å². The van der Waals surface area contributed by atoms with Crippen molar-refractivity contribution in [1.82, 2.24) is 4.57 Å². The monoisotopic (exact) mass is 870 g/mol. The van der Waals surface area contributed by atoms with E-state index in [2.05, 4.69) is 289 Å². The summed E-state index contributed by atoms with van der Waals surface area (Å²) in [5.41, 5.74) is 11.6. The first kappa shape index (κ1) is 40.0. The number of nitrogens with zero attached hydrogens (tertiary/aromatic N) is 2. The number of rotatable bonds is 10. The van der Waals surface area contributed by atoms with Crippen LogP contribution in [-0.2, 0) is 0 Å². The van der Waals surface area contributed by atoms with Crippen molar-refractivity contribution in [2.45, 2.75) is 0 Å². The second-order valence-corrected chi connectivity index (χ2v) is 21.1. The highest BCUT2D eigenvalue weighted by atomic mass is 28.3. The molecule has 316 valence electrons. The van der Waals surface area contributed by atoms with Crippen LogP contribution in [0.15, 0.2) is 279 Å². The SMILES string of the molecule is c1ccc(-c2ccc(N(c3ccc(-c4ccc([Si](c5ccccc5)(c5ccccc5)c5ccccc5)cc4)cc3)c3ccc(-n4c5ccccc5c5cc6ccccc6cc54)cc3)cc2)cc1. The van der Waals surface area contributed by atoms with Crippen molar-refractivity contribution in [3.05, 3.63) is 279 Å². The average molecular weight is 871 g/mol. The van der Waals surface area contributed by atoms with Gasteiger partial charge in [-0.05, 0) is 121 Å². The minimum Gasteiger partial charge on any atom is -0.311 e. The normalized spacial score (nSPS) is 11.6. The van der Waals surface area contributed by atoms with Crippen LogP contribution in [0.5, 0.6) is 0 Å². The molecule has 0 bridgehead atoms. The molecule has 0 aliphatic rings. The Morgan fingerprint density at radius 1 is 0.269 bits per heavy atom. The number of benzene rings is 11. The molecule has 0 fully saturated rings. The predicted molar refractivity (Wildman–Crippen MR) is 287 cm³/mol. The Labute approximate surface area is 392 Å². The molecule has 0 saturated carbocycles. The van der Waals surface area contributed by atoms with E-state index in [0.29, 0.717) is 0 Å². The molecule has 1 aromatic heterocycles. The lowest BCUT2D eigenvalue weighted by molar-refractivity contribution is 1.17. The first-order chi connectivity index (χ1) is 33.2. The molecule has 3 heteroatoms. The maximum atomic E-state index is 2.41. The summed E-state index contributed by atoms with van der Waals surface area (Å²) in [7, 11) is -2.62. The van der Waals surface area contributed by atoms with E-state index in [1.54, 1.807) is 0 Å². The van der Waals surface area contributed by atoms with E-state index in [1.807, 2.05) is 0 Å². The van der Waals surface area contributed by atoms with Gasteiger partial charge in [0.25, 0.3) is 0 Å². The standard InChI is InChI=1S/C64H46N2Si/c1-5-17-47(18-6-1)48-29-35-53(36-30-48)65(55-39-41-56(42-40-55)66-63-28-16-15-27-61(63)62-45-51-19-13-14-20-52(51)46-64(62)66)54-37-31-49(32-38-54)50-33-43-60(44-34-50)67(57-21-7-2-8-22-57,58-23-9-3-10-24-58)59-25-11-4-12-26-59/h1-46H. The Kier molecular flexibility index (Phi) is 10.2. The summed E-state index contributed by atoms with van der Waals surface area (Å²) in [6, 6.07) is 102.